The van der Waals surface area contributed by atoms with Gasteiger partial charge in [-0.15, -0.1) is 0 Å². The summed E-state index contributed by atoms with van der Waals surface area (Å²) in [6.45, 7) is 4.16. The number of hydrogen-bond acceptors (Lipinski definition) is 5. The van der Waals surface area contributed by atoms with Crippen LogP contribution in [0.3, 0.4) is 0 Å². The van der Waals surface area contributed by atoms with E-state index in [4.69, 9.17) is 4.74 Å². The van der Waals surface area contributed by atoms with Crippen molar-refractivity contribution in [3.8, 4) is 5.88 Å². The number of pyridine rings is 1. The van der Waals surface area contributed by atoms with Crippen LogP contribution in [0.25, 0.3) is 0 Å². The average molecular weight is 327 g/mol. The van der Waals surface area contributed by atoms with Crippen LogP contribution in [0, 0.1) is 0 Å². The van der Waals surface area contributed by atoms with Crippen LogP contribution in [0.15, 0.2) is 18.3 Å². The van der Waals surface area contributed by atoms with Crippen molar-refractivity contribution >= 4 is 15.9 Å². The van der Waals surface area contributed by atoms with Gasteiger partial charge in [0.2, 0.25) is 5.88 Å². The molecule has 1 fully saturated rings. The summed E-state index contributed by atoms with van der Waals surface area (Å²) in [5.74, 6) is 0.696. The third kappa shape index (κ3) is 5.18. The zero-order valence-electron chi connectivity index (χ0n) is 12.7. The number of nitrogens with one attached hydrogen (secondary N) is 2. The SMILES string of the molecule is CC(C)Oc1ccc(CNC(=O)NC2CCS(=O)(=O)C2)cn1. The van der Waals surface area contributed by atoms with E-state index in [9.17, 15) is 13.2 Å². The van der Waals surface area contributed by atoms with Gasteiger partial charge in [-0.05, 0) is 25.8 Å². The number of carbonyl (C=O) groups excluding carboxylic acids is 1. The molecule has 1 aliphatic rings. The highest BCUT2D eigenvalue weighted by Gasteiger charge is 2.28. The van der Waals surface area contributed by atoms with Crippen LogP contribution in [-0.4, -0.2) is 43.1 Å². The first-order chi connectivity index (χ1) is 10.3. The number of nitrogens with zero attached hydrogens (tertiary/aromatic N) is 1. The van der Waals surface area contributed by atoms with Gasteiger partial charge in [0.1, 0.15) is 0 Å². The smallest absolute Gasteiger partial charge is 0.315 e. The number of rotatable bonds is 5. The second-order valence-electron chi connectivity index (χ2n) is 5.60. The summed E-state index contributed by atoms with van der Waals surface area (Å²) in [6.07, 6.45) is 2.17. The summed E-state index contributed by atoms with van der Waals surface area (Å²) in [6, 6.07) is 2.90. The van der Waals surface area contributed by atoms with Gasteiger partial charge in [-0.1, -0.05) is 6.07 Å². The predicted molar refractivity (Wildman–Crippen MR) is 82.4 cm³/mol. The highest BCUT2D eigenvalue weighted by atomic mass is 32.2. The monoisotopic (exact) mass is 327 g/mol. The largest absolute Gasteiger partial charge is 0.475 e. The fourth-order valence-electron chi connectivity index (χ4n) is 2.15. The van der Waals surface area contributed by atoms with Gasteiger partial charge in [0.25, 0.3) is 0 Å². The lowest BCUT2D eigenvalue weighted by atomic mass is 10.2. The minimum atomic E-state index is -2.99. The molecule has 0 radical (unpaired) electrons. The lowest BCUT2D eigenvalue weighted by Gasteiger charge is -2.12. The summed E-state index contributed by atoms with van der Waals surface area (Å²) >= 11 is 0. The molecular formula is C14H21N3O4S. The number of sulfone groups is 1. The molecule has 1 saturated heterocycles. The van der Waals surface area contributed by atoms with Crippen LogP contribution in [-0.2, 0) is 16.4 Å². The Morgan fingerprint density at radius 1 is 1.45 bits per heavy atom. The molecule has 7 nitrogen and oxygen atoms in total. The van der Waals surface area contributed by atoms with Gasteiger partial charge >= 0.3 is 6.03 Å². The zero-order chi connectivity index (χ0) is 16.2. The number of aromatic nitrogens is 1. The summed E-state index contributed by atoms with van der Waals surface area (Å²) in [7, 11) is -2.99. The molecule has 22 heavy (non-hydrogen) atoms. The number of carbonyl (C=O) groups is 1. The van der Waals surface area contributed by atoms with Gasteiger partial charge in [-0.2, -0.15) is 0 Å². The molecule has 1 aromatic heterocycles. The van der Waals surface area contributed by atoms with Crippen LogP contribution in [0.1, 0.15) is 25.8 Å². The quantitative estimate of drug-likeness (QED) is 0.836. The third-order valence-corrected chi connectivity index (χ3v) is 4.94. The maximum atomic E-state index is 11.7. The van der Waals surface area contributed by atoms with Crippen molar-refractivity contribution in [1.82, 2.24) is 15.6 Å². The van der Waals surface area contributed by atoms with E-state index in [1.807, 2.05) is 19.9 Å². The molecular weight excluding hydrogens is 306 g/mol. The molecule has 0 spiro atoms. The van der Waals surface area contributed by atoms with Crippen molar-refractivity contribution in [2.75, 3.05) is 11.5 Å². The third-order valence-electron chi connectivity index (χ3n) is 3.17. The van der Waals surface area contributed by atoms with Crippen molar-refractivity contribution in [2.24, 2.45) is 0 Å². The molecule has 8 heteroatoms. The highest BCUT2D eigenvalue weighted by molar-refractivity contribution is 7.91. The summed E-state index contributed by atoms with van der Waals surface area (Å²) in [4.78, 5) is 15.9. The predicted octanol–water partition coefficient (Wildman–Crippen LogP) is 0.855. The summed E-state index contributed by atoms with van der Waals surface area (Å²) < 4.78 is 28.1. The number of urea groups is 1. The first-order valence-electron chi connectivity index (χ1n) is 7.20. The molecule has 1 atom stereocenters. The van der Waals surface area contributed by atoms with E-state index in [1.165, 1.54) is 0 Å². The van der Waals surface area contributed by atoms with Crippen molar-refractivity contribution in [3.05, 3.63) is 23.9 Å². The Balaban J connectivity index is 1.76. The molecule has 2 heterocycles. The van der Waals surface area contributed by atoms with Crippen LogP contribution >= 0.6 is 0 Å². The van der Waals surface area contributed by atoms with Crippen LogP contribution < -0.4 is 15.4 Å². The highest BCUT2D eigenvalue weighted by Crippen LogP contribution is 2.11. The van der Waals surface area contributed by atoms with Gasteiger partial charge in [0.05, 0.1) is 17.6 Å². The average Bonchev–Trinajstić information content (AvgIpc) is 2.76. The minimum absolute atomic E-state index is 0.0171. The second-order valence-corrected chi connectivity index (χ2v) is 7.83. The van der Waals surface area contributed by atoms with Gasteiger partial charge in [0, 0.05) is 24.8 Å². The first kappa shape index (κ1) is 16.5. The molecule has 2 N–H and O–H groups in total. The molecule has 1 aliphatic heterocycles. The fourth-order valence-corrected chi connectivity index (χ4v) is 3.83. The van der Waals surface area contributed by atoms with E-state index >= 15 is 0 Å². The molecule has 0 bridgehead atoms. The second kappa shape index (κ2) is 6.95. The van der Waals surface area contributed by atoms with E-state index < -0.39 is 9.84 Å². The Bertz CT molecular complexity index is 613. The molecule has 2 rings (SSSR count). The molecule has 2 amide bonds. The molecule has 1 unspecified atom stereocenters. The Hall–Kier alpha value is -1.83. The van der Waals surface area contributed by atoms with Gasteiger partial charge in [0.15, 0.2) is 9.84 Å². The molecule has 0 aromatic carbocycles. The normalized spacial score (nSPS) is 19.9. The number of hydrogen-bond donors (Lipinski definition) is 2. The Labute approximate surface area is 130 Å². The molecule has 1 aromatic rings. The standard InChI is InChI=1S/C14H21N3O4S/c1-10(2)21-13-4-3-11(7-15-13)8-16-14(18)17-12-5-6-22(19,20)9-12/h3-4,7,10,12H,5-6,8-9H2,1-2H3,(H2,16,17,18). The van der Waals surface area contributed by atoms with E-state index in [-0.39, 0.29) is 29.7 Å². The Morgan fingerprint density at radius 3 is 2.77 bits per heavy atom. The maximum Gasteiger partial charge on any atom is 0.315 e. The van der Waals surface area contributed by atoms with Crippen molar-refractivity contribution in [3.63, 3.8) is 0 Å². The van der Waals surface area contributed by atoms with Gasteiger partial charge in [-0.3, -0.25) is 0 Å². The van der Waals surface area contributed by atoms with Crippen LogP contribution in [0.2, 0.25) is 0 Å². The Morgan fingerprint density at radius 2 is 2.23 bits per heavy atom. The number of amides is 2. The van der Waals surface area contributed by atoms with Crippen LogP contribution in [0.4, 0.5) is 4.79 Å². The van der Waals surface area contributed by atoms with E-state index in [1.54, 1.807) is 12.3 Å². The van der Waals surface area contributed by atoms with E-state index in [0.717, 1.165) is 5.56 Å². The zero-order valence-corrected chi connectivity index (χ0v) is 13.5. The van der Waals surface area contributed by atoms with E-state index in [0.29, 0.717) is 18.8 Å². The van der Waals surface area contributed by atoms with Crippen molar-refractivity contribution < 1.29 is 17.9 Å². The number of ether oxygens (including phenoxy) is 1. The molecule has 0 saturated carbocycles. The summed E-state index contributed by atoms with van der Waals surface area (Å²) in [5.41, 5.74) is 0.838. The van der Waals surface area contributed by atoms with Crippen molar-refractivity contribution in [2.45, 2.75) is 39.0 Å². The molecule has 122 valence electrons. The van der Waals surface area contributed by atoms with Crippen LogP contribution in [0.5, 0.6) is 5.88 Å². The van der Waals surface area contributed by atoms with Crippen molar-refractivity contribution in [1.29, 1.82) is 0 Å². The fraction of sp³-hybridized carbons (Fsp3) is 0.571. The van der Waals surface area contributed by atoms with E-state index in [2.05, 4.69) is 15.6 Å². The first-order valence-corrected chi connectivity index (χ1v) is 9.02. The topological polar surface area (TPSA) is 97.4 Å². The van der Waals surface area contributed by atoms with Gasteiger partial charge in [-0.25, -0.2) is 18.2 Å². The Kier molecular flexibility index (Phi) is 5.23. The summed E-state index contributed by atoms with van der Waals surface area (Å²) in [5, 5.41) is 5.36. The lowest BCUT2D eigenvalue weighted by molar-refractivity contribution is 0.232. The molecule has 0 aliphatic carbocycles. The maximum absolute atomic E-state index is 11.7. The minimum Gasteiger partial charge on any atom is -0.475 e. The van der Waals surface area contributed by atoms with Gasteiger partial charge < -0.3 is 15.4 Å². The lowest BCUT2D eigenvalue weighted by Crippen LogP contribution is -2.42.